The predicted octanol–water partition coefficient (Wildman–Crippen LogP) is 2.01. The maximum absolute atomic E-state index is 11.9. The molecule has 0 aromatic heterocycles. The number of hydrogen-bond donors (Lipinski definition) is 2. The molecule has 3 nitrogen and oxygen atoms in total. The third-order valence-corrected chi connectivity index (χ3v) is 4.56. The Balaban J connectivity index is 2.31. The molecule has 0 aliphatic heterocycles. The molecule has 0 aromatic carbocycles. The first-order valence-corrected chi connectivity index (χ1v) is 7.98. The SMILES string of the molecule is CSCC[C@@H](N)C(=O)NC1CCC(C)C(C)C1. The van der Waals surface area contributed by atoms with Crippen molar-refractivity contribution >= 4 is 17.7 Å². The van der Waals surface area contributed by atoms with Crippen molar-refractivity contribution < 1.29 is 4.79 Å². The minimum absolute atomic E-state index is 0.0332. The topological polar surface area (TPSA) is 55.1 Å². The van der Waals surface area contributed by atoms with Crippen molar-refractivity contribution in [3.8, 4) is 0 Å². The second-order valence-electron chi connectivity index (χ2n) is 5.36. The Morgan fingerprint density at radius 1 is 1.41 bits per heavy atom. The Kier molecular flexibility index (Phi) is 6.34. The second-order valence-corrected chi connectivity index (χ2v) is 6.35. The van der Waals surface area contributed by atoms with Gasteiger partial charge in [0.25, 0.3) is 0 Å². The summed E-state index contributed by atoms with van der Waals surface area (Å²) in [5.41, 5.74) is 5.86. The van der Waals surface area contributed by atoms with Gasteiger partial charge >= 0.3 is 0 Å². The van der Waals surface area contributed by atoms with Crippen LogP contribution < -0.4 is 11.1 Å². The van der Waals surface area contributed by atoms with Crippen LogP contribution in [0.4, 0.5) is 0 Å². The van der Waals surface area contributed by atoms with Gasteiger partial charge in [-0.2, -0.15) is 11.8 Å². The summed E-state index contributed by atoms with van der Waals surface area (Å²) >= 11 is 1.73. The maximum atomic E-state index is 11.9. The number of hydrogen-bond acceptors (Lipinski definition) is 3. The standard InChI is InChI=1S/C13H26N2OS/c1-9-4-5-11(8-10(9)2)15-13(16)12(14)6-7-17-3/h9-12H,4-8,14H2,1-3H3,(H,15,16)/t9?,10?,11?,12-/m1/s1. The zero-order valence-corrected chi connectivity index (χ0v) is 12.1. The Hall–Kier alpha value is -0.220. The van der Waals surface area contributed by atoms with Gasteiger partial charge in [0, 0.05) is 6.04 Å². The van der Waals surface area contributed by atoms with Crippen LogP contribution in [-0.2, 0) is 4.79 Å². The number of amides is 1. The summed E-state index contributed by atoms with van der Waals surface area (Å²) in [4.78, 5) is 11.9. The fraction of sp³-hybridized carbons (Fsp3) is 0.923. The molecule has 17 heavy (non-hydrogen) atoms. The van der Waals surface area contributed by atoms with Crippen molar-refractivity contribution in [2.75, 3.05) is 12.0 Å². The molecule has 1 fully saturated rings. The molecular formula is C13H26N2OS. The lowest BCUT2D eigenvalue weighted by molar-refractivity contribution is -0.123. The predicted molar refractivity (Wildman–Crippen MR) is 75.1 cm³/mol. The fourth-order valence-electron chi connectivity index (χ4n) is 2.36. The summed E-state index contributed by atoms with van der Waals surface area (Å²) in [5, 5.41) is 3.11. The highest BCUT2D eigenvalue weighted by atomic mass is 32.2. The first-order valence-electron chi connectivity index (χ1n) is 6.59. The van der Waals surface area contributed by atoms with Gasteiger partial charge in [0.15, 0.2) is 0 Å². The van der Waals surface area contributed by atoms with Crippen LogP contribution in [0.2, 0.25) is 0 Å². The van der Waals surface area contributed by atoms with E-state index in [1.54, 1.807) is 11.8 Å². The minimum Gasteiger partial charge on any atom is -0.352 e. The monoisotopic (exact) mass is 258 g/mol. The molecule has 0 aromatic rings. The van der Waals surface area contributed by atoms with Gasteiger partial charge in [-0.05, 0) is 49.5 Å². The van der Waals surface area contributed by atoms with Crippen molar-refractivity contribution in [2.45, 2.75) is 51.6 Å². The van der Waals surface area contributed by atoms with Gasteiger partial charge in [-0.1, -0.05) is 13.8 Å². The number of thioether (sulfide) groups is 1. The highest BCUT2D eigenvalue weighted by molar-refractivity contribution is 7.98. The number of carbonyl (C=O) groups excluding carboxylic acids is 1. The Morgan fingerprint density at radius 2 is 2.12 bits per heavy atom. The summed E-state index contributed by atoms with van der Waals surface area (Å²) in [6, 6.07) is 0.00568. The summed E-state index contributed by atoms with van der Waals surface area (Å²) in [7, 11) is 0. The van der Waals surface area contributed by atoms with E-state index in [1.165, 1.54) is 6.42 Å². The first kappa shape index (κ1) is 14.8. The van der Waals surface area contributed by atoms with Gasteiger partial charge < -0.3 is 11.1 Å². The lowest BCUT2D eigenvalue weighted by atomic mass is 9.79. The van der Waals surface area contributed by atoms with E-state index in [0.29, 0.717) is 12.0 Å². The van der Waals surface area contributed by atoms with Gasteiger partial charge in [-0.3, -0.25) is 4.79 Å². The number of carbonyl (C=O) groups is 1. The first-order chi connectivity index (χ1) is 8.04. The van der Waals surface area contributed by atoms with Crippen LogP contribution in [-0.4, -0.2) is 30.0 Å². The van der Waals surface area contributed by atoms with Crippen LogP contribution in [0.1, 0.15) is 39.5 Å². The molecule has 4 heteroatoms. The van der Waals surface area contributed by atoms with Crippen LogP contribution in [0.5, 0.6) is 0 Å². The average Bonchev–Trinajstić information content (AvgIpc) is 2.30. The van der Waals surface area contributed by atoms with Gasteiger partial charge in [-0.15, -0.1) is 0 Å². The van der Waals surface area contributed by atoms with Crippen LogP contribution in [0.15, 0.2) is 0 Å². The highest BCUT2D eigenvalue weighted by Crippen LogP contribution is 2.29. The van der Waals surface area contributed by atoms with E-state index in [9.17, 15) is 4.79 Å². The minimum atomic E-state index is -0.336. The molecule has 3 N–H and O–H groups in total. The van der Waals surface area contributed by atoms with Crippen molar-refractivity contribution in [1.82, 2.24) is 5.32 Å². The average molecular weight is 258 g/mol. The third kappa shape index (κ3) is 4.88. The summed E-state index contributed by atoms with van der Waals surface area (Å²) < 4.78 is 0. The smallest absolute Gasteiger partial charge is 0.237 e. The quantitative estimate of drug-likeness (QED) is 0.793. The van der Waals surface area contributed by atoms with Gasteiger partial charge in [0.05, 0.1) is 6.04 Å². The maximum Gasteiger partial charge on any atom is 0.237 e. The molecule has 1 aliphatic carbocycles. The third-order valence-electron chi connectivity index (χ3n) is 3.91. The van der Waals surface area contributed by atoms with Crippen molar-refractivity contribution in [1.29, 1.82) is 0 Å². The van der Waals surface area contributed by atoms with Crippen molar-refractivity contribution in [2.24, 2.45) is 17.6 Å². The fourth-order valence-corrected chi connectivity index (χ4v) is 2.85. The van der Waals surface area contributed by atoms with Gasteiger partial charge in [-0.25, -0.2) is 0 Å². The summed E-state index contributed by atoms with van der Waals surface area (Å²) in [6.07, 6.45) is 6.22. The largest absolute Gasteiger partial charge is 0.352 e. The van der Waals surface area contributed by atoms with E-state index >= 15 is 0 Å². The molecular weight excluding hydrogens is 232 g/mol. The van der Waals surface area contributed by atoms with E-state index in [-0.39, 0.29) is 11.9 Å². The Bertz CT molecular complexity index is 248. The molecule has 100 valence electrons. The molecule has 0 spiro atoms. The second kappa shape index (κ2) is 7.27. The lowest BCUT2D eigenvalue weighted by Crippen LogP contribution is -2.47. The van der Waals surface area contributed by atoms with Crippen molar-refractivity contribution in [3.63, 3.8) is 0 Å². The normalized spacial score (nSPS) is 30.9. The van der Waals surface area contributed by atoms with Gasteiger partial charge in [0.2, 0.25) is 5.91 Å². The molecule has 0 saturated heterocycles. The summed E-state index contributed by atoms with van der Waals surface area (Å²) in [5.74, 6) is 2.47. The zero-order valence-electron chi connectivity index (χ0n) is 11.2. The molecule has 1 amide bonds. The molecule has 0 radical (unpaired) electrons. The van der Waals surface area contributed by atoms with E-state index < -0.39 is 0 Å². The van der Waals surface area contributed by atoms with Crippen LogP contribution in [0, 0.1) is 11.8 Å². The van der Waals surface area contributed by atoms with E-state index in [0.717, 1.165) is 30.9 Å². The molecule has 1 aliphatic rings. The Morgan fingerprint density at radius 3 is 2.71 bits per heavy atom. The molecule has 0 bridgehead atoms. The van der Waals surface area contributed by atoms with Crippen LogP contribution in [0.25, 0.3) is 0 Å². The van der Waals surface area contributed by atoms with E-state index in [1.807, 2.05) is 6.26 Å². The molecule has 0 heterocycles. The molecule has 3 unspecified atom stereocenters. The van der Waals surface area contributed by atoms with Crippen molar-refractivity contribution in [3.05, 3.63) is 0 Å². The molecule has 1 saturated carbocycles. The number of nitrogens with one attached hydrogen (secondary N) is 1. The highest BCUT2D eigenvalue weighted by Gasteiger charge is 2.26. The van der Waals surface area contributed by atoms with E-state index in [2.05, 4.69) is 19.2 Å². The van der Waals surface area contributed by atoms with Gasteiger partial charge in [0.1, 0.15) is 0 Å². The van der Waals surface area contributed by atoms with Crippen LogP contribution >= 0.6 is 11.8 Å². The zero-order chi connectivity index (χ0) is 12.8. The molecule has 1 rings (SSSR count). The summed E-state index contributed by atoms with van der Waals surface area (Å²) in [6.45, 7) is 4.57. The Labute approximate surface area is 109 Å². The van der Waals surface area contributed by atoms with E-state index in [4.69, 9.17) is 5.73 Å². The number of nitrogens with two attached hydrogens (primary N) is 1. The molecule has 4 atom stereocenters. The lowest BCUT2D eigenvalue weighted by Gasteiger charge is -2.33. The number of rotatable bonds is 5. The van der Waals surface area contributed by atoms with Crippen LogP contribution in [0.3, 0.4) is 0 Å².